The zero-order valence-corrected chi connectivity index (χ0v) is 16.9. The molecule has 0 unspecified atom stereocenters. The number of aryl methyl sites for hydroxylation is 1. The van der Waals surface area contributed by atoms with Crippen LogP contribution in [0.25, 0.3) is 22.9 Å². The third-order valence-corrected chi connectivity index (χ3v) is 5.06. The maximum Gasteiger partial charge on any atom is 0.414 e. The van der Waals surface area contributed by atoms with Crippen LogP contribution in [0.3, 0.4) is 0 Å². The molecule has 3 aromatic rings. The summed E-state index contributed by atoms with van der Waals surface area (Å²) in [5.74, 6) is -1.06. The summed E-state index contributed by atoms with van der Waals surface area (Å²) in [6.45, 7) is 2.11. The van der Waals surface area contributed by atoms with Gasteiger partial charge in [-0.15, -0.1) is 0 Å². The number of carbonyl (C=O) groups is 2. The topological polar surface area (TPSA) is 105 Å². The molecule has 2 aromatic heterocycles. The lowest BCUT2D eigenvalue weighted by Gasteiger charge is -2.17. The fourth-order valence-electron chi connectivity index (χ4n) is 3.60. The van der Waals surface area contributed by atoms with Crippen molar-refractivity contribution in [3.63, 3.8) is 0 Å². The number of benzene rings is 1. The Labute approximate surface area is 174 Å². The summed E-state index contributed by atoms with van der Waals surface area (Å²) in [7, 11) is 0. The summed E-state index contributed by atoms with van der Waals surface area (Å²) in [5, 5.41) is 14.8. The van der Waals surface area contributed by atoms with E-state index in [0.717, 1.165) is 22.7 Å². The SMILES string of the molecule is Cc1ccc2c(c1)nc(C=CC1CCCCC1)n2-c1ccccn1.O=C(O)C(=O)O. The van der Waals surface area contributed by atoms with Crippen LogP contribution in [0.4, 0.5) is 0 Å². The summed E-state index contributed by atoms with van der Waals surface area (Å²) in [6, 6.07) is 12.4. The highest BCUT2D eigenvalue weighted by Crippen LogP contribution is 2.27. The van der Waals surface area contributed by atoms with E-state index in [1.807, 2.05) is 24.4 Å². The van der Waals surface area contributed by atoms with Gasteiger partial charge in [0.05, 0.1) is 11.0 Å². The fourth-order valence-corrected chi connectivity index (χ4v) is 3.60. The molecule has 156 valence electrons. The molecule has 0 radical (unpaired) electrons. The van der Waals surface area contributed by atoms with Gasteiger partial charge in [0, 0.05) is 6.20 Å². The van der Waals surface area contributed by atoms with Gasteiger partial charge in [-0.1, -0.05) is 37.5 Å². The third kappa shape index (κ3) is 5.31. The number of carboxylic acids is 2. The molecule has 0 aliphatic heterocycles. The maximum atomic E-state index is 9.10. The van der Waals surface area contributed by atoms with Crippen LogP contribution in [0.2, 0.25) is 0 Å². The van der Waals surface area contributed by atoms with E-state index in [2.05, 4.69) is 46.8 Å². The van der Waals surface area contributed by atoms with E-state index in [1.54, 1.807) is 0 Å². The number of imidazole rings is 1. The van der Waals surface area contributed by atoms with Gasteiger partial charge in [0.1, 0.15) is 11.6 Å². The molecule has 1 aliphatic carbocycles. The minimum Gasteiger partial charge on any atom is -0.473 e. The average molecular weight is 407 g/mol. The Hall–Kier alpha value is -3.48. The van der Waals surface area contributed by atoms with Crippen molar-refractivity contribution < 1.29 is 19.8 Å². The second kappa shape index (κ2) is 9.82. The highest BCUT2D eigenvalue weighted by molar-refractivity contribution is 6.27. The van der Waals surface area contributed by atoms with E-state index < -0.39 is 11.9 Å². The molecule has 0 saturated heterocycles. The molecule has 0 spiro atoms. The van der Waals surface area contributed by atoms with E-state index in [4.69, 9.17) is 24.8 Å². The quantitative estimate of drug-likeness (QED) is 0.620. The molecule has 30 heavy (non-hydrogen) atoms. The summed E-state index contributed by atoms with van der Waals surface area (Å²) in [4.78, 5) is 27.6. The van der Waals surface area contributed by atoms with Gasteiger partial charge in [-0.3, -0.25) is 4.57 Å². The Balaban J connectivity index is 0.000000377. The summed E-state index contributed by atoms with van der Waals surface area (Å²) in [5.41, 5.74) is 3.38. The minimum atomic E-state index is -1.82. The van der Waals surface area contributed by atoms with Crippen LogP contribution in [-0.2, 0) is 9.59 Å². The predicted molar refractivity (Wildman–Crippen MR) is 114 cm³/mol. The number of aliphatic carboxylic acids is 2. The van der Waals surface area contributed by atoms with Gasteiger partial charge in [0.25, 0.3) is 0 Å². The fraction of sp³-hybridized carbons (Fsp3) is 0.304. The molecule has 1 aliphatic rings. The largest absolute Gasteiger partial charge is 0.473 e. The number of pyridine rings is 1. The van der Waals surface area contributed by atoms with Crippen LogP contribution in [-0.4, -0.2) is 36.7 Å². The average Bonchev–Trinajstić information content (AvgIpc) is 3.11. The molecule has 4 rings (SSSR count). The zero-order valence-electron chi connectivity index (χ0n) is 16.9. The van der Waals surface area contributed by atoms with Crippen LogP contribution in [0.5, 0.6) is 0 Å². The second-order valence-electron chi connectivity index (χ2n) is 7.35. The second-order valence-corrected chi connectivity index (χ2v) is 7.35. The van der Waals surface area contributed by atoms with E-state index in [9.17, 15) is 0 Å². The van der Waals surface area contributed by atoms with Gasteiger partial charge in [-0.05, 0) is 61.6 Å². The van der Waals surface area contributed by atoms with E-state index in [-0.39, 0.29) is 0 Å². The van der Waals surface area contributed by atoms with Crippen LogP contribution in [0, 0.1) is 12.8 Å². The van der Waals surface area contributed by atoms with Gasteiger partial charge in [0.15, 0.2) is 0 Å². The van der Waals surface area contributed by atoms with Gasteiger partial charge >= 0.3 is 11.9 Å². The van der Waals surface area contributed by atoms with Crippen LogP contribution < -0.4 is 0 Å². The lowest BCUT2D eigenvalue weighted by atomic mass is 9.89. The van der Waals surface area contributed by atoms with Crippen molar-refractivity contribution in [3.05, 3.63) is 60.1 Å². The number of rotatable bonds is 3. The first kappa shape index (κ1) is 21.2. The Bertz CT molecular complexity index is 1040. The molecule has 2 heterocycles. The van der Waals surface area contributed by atoms with Crippen molar-refractivity contribution in [1.29, 1.82) is 0 Å². The summed E-state index contributed by atoms with van der Waals surface area (Å²) < 4.78 is 2.16. The Morgan fingerprint density at radius 1 is 1.07 bits per heavy atom. The van der Waals surface area contributed by atoms with Crippen molar-refractivity contribution in [2.24, 2.45) is 5.92 Å². The number of hydrogen-bond donors (Lipinski definition) is 2. The first-order valence-corrected chi connectivity index (χ1v) is 10.0. The van der Waals surface area contributed by atoms with Crippen molar-refractivity contribution >= 4 is 29.0 Å². The molecule has 0 atom stereocenters. The van der Waals surface area contributed by atoms with E-state index >= 15 is 0 Å². The molecular formula is C23H25N3O4. The van der Waals surface area contributed by atoms with Crippen LogP contribution in [0.15, 0.2) is 48.7 Å². The Morgan fingerprint density at radius 3 is 2.43 bits per heavy atom. The number of aromatic nitrogens is 3. The van der Waals surface area contributed by atoms with Gasteiger partial charge < -0.3 is 10.2 Å². The molecule has 2 N–H and O–H groups in total. The molecule has 1 fully saturated rings. The van der Waals surface area contributed by atoms with E-state index in [0.29, 0.717) is 5.92 Å². The molecule has 1 saturated carbocycles. The first-order chi connectivity index (χ1) is 14.5. The van der Waals surface area contributed by atoms with Gasteiger partial charge in [0.2, 0.25) is 0 Å². The van der Waals surface area contributed by atoms with Gasteiger partial charge in [-0.2, -0.15) is 0 Å². The van der Waals surface area contributed by atoms with Crippen molar-refractivity contribution in [2.75, 3.05) is 0 Å². The lowest BCUT2D eigenvalue weighted by Crippen LogP contribution is -2.09. The standard InChI is InChI=1S/C21H23N3.C2H2O4/c1-16-10-12-19-18(15-16)23-21(13-11-17-7-3-2-4-8-17)24(19)20-9-5-6-14-22-20;3-1(4)2(5)6/h5-6,9-15,17H,2-4,7-8H2,1H3;(H,3,4)(H,5,6). The first-order valence-electron chi connectivity index (χ1n) is 10.0. The normalized spacial score (nSPS) is 14.4. The molecule has 0 amide bonds. The Kier molecular flexibility index (Phi) is 6.95. The van der Waals surface area contributed by atoms with Crippen molar-refractivity contribution in [3.8, 4) is 5.82 Å². The lowest BCUT2D eigenvalue weighted by molar-refractivity contribution is -0.159. The molecule has 7 heteroatoms. The zero-order chi connectivity index (χ0) is 21.5. The van der Waals surface area contributed by atoms with Crippen molar-refractivity contribution in [2.45, 2.75) is 39.0 Å². The molecule has 0 bridgehead atoms. The van der Waals surface area contributed by atoms with E-state index in [1.165, 1.54) is 37.7 Å². The third-order valence-electron chi connectivity index (χ3n) is 5.06. The maximum absolute atomic E-state index is 9.10. The molecule has 1 aromatic carbocycles. The van der Waals surface area contributed by atoms with Gasteiger partial charge in [-0.25, -0.2) is 19.6 Å². The Morgan fingerprint density at radius 2 is 1.80 bits per heavy atom. The van der Waals surface area contributed by atoms with Crippen LogP contribution >= 0.6 is 0 Å². The molecular weight excluding hydrogens is 382 g/mol. The number of fused-ring (bicyclic) bond motifs is 1. The smallest absolute Gasteiger partial charge is 0.414 e. The monoisotopic (exact) mass is 407 g/mol. The summed E-state index contributed by atoms with van der Waals surface area (Å²) >= 11 is 0. The molecule has 7 nitrogen and oxygen atoms in total. The highest BCUT2D eigenvalue weighted by atomic mass is 16.4. The number of allylic oxidation sites excluding steroid dienone is 1. The van der Waals surface area contributed by atoms with Crippen molar-refractivity contribution in [1.82, 2.24) is 14.5 Å². The minimum absolute atomic E-state index is 0.692. The summed E-state index contributed by atoms with van der Waals surface area (Å²) in [6.07, 6.45) is 13.1. The highest BCUT2D eigenvalue weighted by Gasteiger charge is 2.14. The number of carboxylic acid groups (broad SMARTS) is 2. The number of nitrogens with zero attached hydrogens (tertiary/aromatic N) is 3. The number of hydrogen-bond acceptors (Lipinski definition) is 4. The van der Waals surface area contributed by atoms with Crippen LogP contribution in [0.1, 0.15) is 43.5 Å². The predicted octanol–water partition coefficient (Wildman–Crippen LogP) is 4.48.